The smallest absolute Gasteiger partial charge is 0.133 e. The van der Waals surface area contributed by atoms with E-state index in [4.69, 9.17) is 5.11 Å². The predicted octanol–water partition coefficient (Wildman–Crippen LogP) is 2.85. The highest BCUT2D eigenvalue weighted by atomic mass is 16.3. The first-order chi connectivity index (χ1) is 8.05. The number of aromatic nitrogens is 1. The van der Waals surface area contributed by atoms with Crippen LogP contribution in [-0.2, 0) is 6.54 Å². The van der Waals surface area contributed by atoms with Gasteiger partial charge in [-0.15, -0.1) is 0 Å². The fourth-order valence-electron chi connectivity index (χ4n) is 2.64. The summed E-state index contributed by atoms with van der Waals surface area (Å²) in [5.74, 6) is 0.229. The molecule has 1 heterocycles. The Balaban J connectivity index is 1.84. The van der Waals surface area contributed by atoms with Crippen molar-refractivity contribution in [3.05, 3.63) is 24.0 Å². The maximum atomic E-state index is 9.16. The molecule has 0 bridgehead atoms. The SMILES string of the molecule is CC1(C)CCCC(NCc2ccc(O)cn2)C1. The van der Waals surface area contributed by atoms with Gasteiger partial charge in [0, 0.05) is 12.6 Å². The standard InChI is InChI=1S/C14H22N2O/c1-14(2)7-3-4-11(8-14)15-9-12-5-6-13(17)10-16-12/h5-6,10-11,15,17H,3-4,7-9H2,1-2H3. The molecule has 0 aliphatic heterocycles. The number of rotatable bonds is 3. The molecule has 0 aromatic carbocycles. The van der Waals surface area contributed by atoms with Gasteiger partial charge < -0.3 is 10.4 Å². The summed E-state index contributed by atoms with van der Waals surface area (Å²) in [7, 11) is 0. The number of hydrogen-bond donors (Lipinski definition) is 2. The van der Waals surface area contributed by atoms with E-state index in [-0.39, 0.29) is 5.75 Å². The highest BCUT2D eigenvalue weighted by Gasteiger charge is 2.27. The van der Waals surface area contributed by atoms with Gasteiger partial charge >= 0.3 is 0 Å². The molecule has 1 fully saturated rings. The van der Waals surface area contributed by atoms with Gasteiger partial charge in [-0.2, -0.15) is 0 Å². The number of nitrogens with one attached hydrogen (secondary N) is 1. The first kappa shape index (κ1) is 12.4. The van der Waals surface area contributed by atoms with Gasteiger partial charge in [0.05, 0.1) is 11.9 Å². The van der Waals surface area contributed by atoms with Crippen LogP contribution in [0.2, 0.25) is 0 Å². The fourth-order valence-corrected chi connectivity index (χ4v) is 2.64. The summed E-state index contributed by atoms with van der Waals surface area (Å²) in [6, 6.07) is 4.17. The monoisotopic (exact) mass is 234 g/mol. The van der Waals surface area contributed by atoms with Gasteiger partial charge in [-0.05, 0) is 36.8 Å². The zero-order chi connectivity index (χ0) is 12.3. The van der Waals surface area contributed by atoms with Crippen molar-refractivity contribution in [3.63, 3.8) is 0 Å². The Bertz CT molecular complexity index is 359. The number of nitrogens with zero attached hydrogens (tertiary/aromatic N) is 1. The lowest BCUT2D eigenvalue weighted by atomic mass is 9.75. The van der Waals surface area contributed by atoms with Gasteiger partial charge in [-0.3, -0.25) is 4.98 Å². The highest BCUT2D eigenvalue weighted by Crippen LogP contribution is 2.35. The average Bonchev–Trinajstić information content (AvgIpc) is 2.27. The topological polar surface area (TPSA) is 45.1 Å². The van der Waals surface area contributed by atoms with Crippen molar-refractivity contribution in [2.45, 2.75) is 52.1 Å². The first-order valence-corrected chi connectivity index (χ1v) is 6.42. The fraction of sp³-hybridized carbons (Fsp3) is 0.643. The van der Waals surface area contributed by atoms with E-state index < -0.39 is 0 Å². The highest BCUT2D eigenvalue weighted by molar-refractivity contribution is 5.17. The van der Waals surface area contributed by atoms with Gasteiger partial charge in [-0.25, -0.2) is 0 Å². The van der Waals surface area contributed by atoms with E-state index >= 15 is 0 Å². The molecule has 2 rings (SSSR count). The maximum Gasteiger partial charge on any atom is 0.133 e. The summed E-state index contributed by atoms with van der Waals surface area (Å²) in [5, 5.41) is 12.7. The molecule has 0 saturated heterocycles. The molecule has 1 aliphatic rings. The molecule has 0 spiro atoms. The van der Waals surface area contributed by atoms with E-state index in [1.165, 1.54) is 31.9 Å². The summed E-state index contributed by atoms with van der Waals surface area (Å²) in [6.45, 7) is 5.49. The average molecular weight is 234 g/mol. The lowest BCUT2D eigenvalue weighted by Crippen LogP contribution is -2.37. The zero-order valence-corrected chi connectivity index (χ0v) is 10.7. The molecule has 17 heavy (non-hydrogen) atoms. The van der Waals surface area contributed by atoms with Crippen LogP contribution in [0.5, 0.6) is 5.75 Å². The minimum absolute atomic E-state index is 0.229. The molecule has 1 aromatic rings. The van der Waals surface area contributed by atoms with Crippen molar-refractivity contribution in [2.75, 3.05) is 0 Å². The Labute approximate surface area is 103 Å². The molecule has 1 atom stereocenters. The van der Waals surface area contributed by atoms with E-state index in [0.29, 0.717) is 11.5 Å². The van der Waals surface area contributed by atoms with Gasteiger partial charge in [0.1, 0.15) is 5.75 Å². The van der Waals surface area contributed by atoms with E-state index in [1.807, 2.05) is 6.07 Å². The van der Waals surface area contributed by atoms with Crippen molar-refractivity contribution >= 4 is 0 Å². The molecule has 1 saturated carbocycles. The Morgan fingerprint density at radius 3 is 2.94 bits per heavy atom. The van der Waals surface area contributed by atoms with Crippen LogP contribution < -0.4 is 5.32 Å². The lowest BCUT2D eigenvalue weighted by Gasteiger charge is -2.35. The first-order valence-electron chi connectivity index (χ1n) is 6.42. The third kappa shape index (κ3) is 3.70. The molecule has 2 N–H and O–H groups in total. The van der Waals surface area contributed by atoms with Crippen LogP contribution in [0.3, 0.4) is 0 Å². The van der Waals surface area contributed by atoms with Crippen molar-refractivity contribution in [1.29, 1.82) is 0 Å². The molecule has 1 aromatic heterocycles. The molecule has 0 radical (unpaired) electrons. The van der Waals surface area contributed by atoms with Crippen LogP contribution in [0.15, 0.2) is 18.3 Å². The van der Waals surface area contributed by atoms with Crippen LogP contribution in [0.25, 0.3) is 0 Å². The van der Waals surface area contributed by atoms with E-state index in [9.17, 15) is 0 Å². The molecule has 94 valence electrons. The molecule has 3 nitrogen and oxygen atoms in total. The Kier molecular flexibility index (Phi) is 3.67. The molecule has 1 aliphatic carbocycles. The van der Waals surface area contributed by atoms with Crippen LogP contribution >= 0.6 is 0 Å². The number of aromatic hydroxyl groups is 1. The third-order valence-corrected chi connectivity index (χ3v) is 3.59. The van der Waals surface area contributed by atoms with Gasteiger partial charge in [0.15, 0.2) is 0 Å². The molecular formula is C14H22N2O. The summed E-state index contributed by atoms with van der Waals surface area (Å²) in [6.07, 6.45) is 6.66. The van der Waals surface area contributed by atoms with Crippen molar-refractivity contribution in [1.82, 2.24) is 10.3 Å². The second kappa shape index (κ2) is 5.05. The zero-order valence-electron chi connectivity index (χ0n) is 10.7. The van der Waals surface area contributed by atoms with Gasteiger partial charge in [0.2, 0.25) is 0 Å². The molecule has 0 amide bonds. The van der Waals surface area contributed by atoms with Gasteiger partial charge in [0.25, 0.3) is 0 Å². The lowest BCUT2D eigenvalue weighted by molar-refractivity contribution is 0.197. The second-order valence-electron chi connectivity index (χ2n) is 5.85. The molecule has 1 unspecified atom stereocenters. The Hall–Kier alpha value is -1.09. The summed E-state index contributed by atoms with van der Waals surface area (Å²) in [4.78, 5) is 4.19. The van der Waals surface area contributed by atoms with Gasteiger partial charge in [-0.1, -0.05) is 20.3 Å². The maximum absolute atomic E-state index is 9.16. The minimum Gasteiger partial charge on any atom is -0.506 e. The quantitative estimate of drug-likeness (QED) is 0.845. The Morgan fingerprint density at radius 1 is 1.47 bits per heavy atom. The Morgan fingerprint density at radius 2 is 2.29 bits per heavy atom. The third-order valence-electron chi connectivity index (χ3n) is 3.59. The second-order valence-corrected chi connectivity index (χ2v) is 5.85. The molecular weight excluding hydrogens is 212 g/mol. The number of hydrogen-bond acceptors (Lipinski definition) is 3. The van der Waals surface area contributed by atoms with Crippen LogP contribution in [-0.4, -0.2) is 16.1 Å². The van der Waals surface area contributed by atoms with Crippen LogP contribution in [0.4, 0.5) is 0 Å². The van der Waals surface area contributed by atoms with Crippen molar-refractivity contribution in [3.8, 4) is 5.75 Å². The largest absolute Gasteiger partial charge is 0.506 e. The number of pyridine rings is 1. The summed E-state index contributed by atoms with van der Waals surface area (Å²) in [5.41, 5.74) is 1.46. The summed E-state index contributed by atoms with van der Waals surface area (Å²) < 4.78 is 0. The predicted molar refractivity (Wildman–Crippen MR) is 68.8 cm³/mol. The normalized spacial score (nSPS) is 23.5. The van der Waals surface area contributed by atoms with Crippen molar-refractivity contribution in [2.24, 2.45) is 5.41 Å². The van der Waals surface area contributed by atoms with Crippen LogP contribution in [0.1, 0.15) is 45.2 Å². The summed E-state index contributed by atoms with van der Waals surface area (Å²) >= 11 is 0. The molecule has 3 heteroatoms. The minimum atomic E-state index is 0.229. The van der Waals surface area contributed by atoms with E-state index in [2.05, 4.69) is 24.1 Å². The van der Waals surface area contributed by atoms with E-state index in [0.717, 1.165) is 12.2 Å². The van der Waals surface area contributed by atoms with E-state index in [1.54, 1.807) is 6.07 Å². The van der Waals surface area contributed by atoms with Crippen molar-refractivity contribution < 1.29 is 5.11 Å². The van der Waals surface area contributed by atoms with Crippen LogP contribution in [0, 0.1) is 5.41 Å².